The highest BCUT2D eigenvalue weighted by atomic mass is 32.2. The zero-order chi connectivity index (χ0) is 15.7. The number of thioether (sulfide) groups is 1. The van der Waals surface area contributed by atoms with Gasteiger partial charge in [0.2, 0.25) is 0 Å². The SMILES string of the molecule is CC1CN(C2=NC(=O)/C(=C/c3ccc(F)cc3)S2)CC(C)O1. The molecule has 22 heavy (non-hydrogen) atoms. The lowest BCUT2D eigenvalue weighted by Gasteiger charge is -2.35. The second-order valence-electron chi connectivity index (χ2n) is 5.52. The standard InChI is InChI=1S/C16H17FN2O2S/c1-10-8-19(9-11(2)21-10)16-18-15(20)14(22-16)7-12-3-5-13(17)6-4-12/h3-7,10-11H,8-9H2,1-2H3/b14-7-. The first-order valence-corrected chi connectivity index (χ1v) is 8.01. The van der Waals surface area contributed by atoms with Crippen LogP contribution in [0.1, 0.15) is 19.4 Å². The molecule has 1 aromatic carbocycles. The summed E-state index contributed by atoms with van der Waals surface area (Å²) in [4.78, 5) is 18.9. The molecule has 1 amide bonds. The molecule has 116 valence electrons. The maximum atomic E-state index is 12.9. The zero-order valence-electron chi connectivity index (χ0n) is 12.5. The Morgan fingerprint density at radius 3 is 2.55 bits per heavy atom. The number of ether oxygens (including phenoxy) is 1. The van der Waals surface area contributed by atoms with Crippen LogP contribution in [0.2, 0.25) is 0 Å². The van der Waals surface area contributed by atoms with Crippen LogP contribution in [-0.4, -0.2) is 41.3 Å². The molecular formula is C16H17FN2O2S. The molecule has 0 bridgehead atoms. The summed E-state index contributed by atoms with van der Waals surface area (Å²) in [7, 11) is 0. The molecule has 0 aromatic heterocycles. The van der Waals surface area contributed by atoms with E-state index in [2.05, 4.69) is 9.89 Å². The lowest BCUT2D eigenvalue weighted by atomic mass is 10.2. The van der Waals surface area contributed by atoms with E-state index < -0.39 is 0 Å². The molecule has 0 spiro atoms. The van der Waals surface area contributed by atoms with E-state index >= 15 is 0 Å². The van der Waals surface area contributed by atoms with Crippen molar-refractivity contribution in [3.63, 3.8) is 0 Å². The molecule has 0 radical (unpaired) electrons. The van der Waals surface area contributed by atoms with Crippen LogP contribution in [-0.2, 0) is 9.53 Å². The maximum absolute atomic E-state index is 12.9. The van der Waals surface area contributed by atoms with E-state index in [-0.39, 0.29) is 23.9 Å². The first-order chi connectivity index (χ1) is 10.5. The normalized spacial score (nSPS) is 27.4. The lowest BCUT2D eigenvalue weighted by molar-refractivity contribution is -0.113. The summed E-state index contributed by atoms with van der Waals surface area (Å²) < 4.78 is 18.6. The van der Waals surface area contributed by atoms with Crippen LogP contribution >= 0.6 is 11.8 Å². The van der Waals surface area contributed by atoms with Crippen LogP contribution in [0.5, 0.6) is 0 Å². The van der Waals surface area contributed by atoms with Crippen LogP contribution in [0.4, 0.5) is 4.39 Å². The van der Waals surface area contributed by atoms with Crippen molar-refractivity contribution >= 4 is 28.9 Å². The number of rotatable bonds is 1. The van der Waals surface area contributed by atoms with Crippen molar-refractivity contribution in [3.8, 4) is 0 Å². The predicted octanol–water partition coefficient (Wildman–Crippen LogP) is 2.91. The minimum absolute atomic E-state index is 0.118. The summed E-state index contributed by atoms with van der Waals surface area (Å²) in [6.45, 7) is 5.49. The highest BCUT2D eigenvalue weighted by Gasteiger charge is 2.30. The van der Waals surface area contributed by atoms with E-state index in [1.165, 1.54) is 23.9 Å². The van der Waals surface area contributed by atoms with E-state index in [1.807, 2.05) is 13.8 Å². The molecular weight excluding hydrogens is 303 g/mol. The Kier molecular flexibility index (Phi) is 4.31. The molecule has 6 heteroatoms. The average molecular weight is 320 g/mol. The van der Waals surface area contributed by atoms with Gasteiger partial charge >= 0.3 is 0 Å². The highest BCUT2D eigenvalue weighted by molar-refractivity contribution is 8.18. The van der Waals surface area contributed by atoms with Crippen molar-refractivity contribution < 1.29 is 13.9 Å². The molecule has 1 aromatic rings. The third-order valence-electron chi connectivity index (χ3n) is 3.47. The van der Waals surface area contributed by atoms with Gasteiger partial charge in [-0.15, -0.1) is 0 Å². The smallest absolute Gasteiger partial charge is 0.286 e. The minimum Gasteiger partial charge on any atom is -0.372 e. The molecule has 2 heterocycles. The van der Waals surface area contributed by atoms with Gasteiger partial charge in [0, 0.05) is 13.1 Å². The van der Waals surface area contributed by atoms with E-state index in [0.29, 0.717) is 4.91 Å². The average Bonchev–Trinajstić information content (AvgIpc) is 2.82. The van der Waals surface area contributed by atoms with Gasteiger partial charge in [0.1, 0.15) is 5.82 Å². The zero-order valence-corrected chi connectivity index (χ0v) is 13.3. The molecule has 2 atom stereocenters. The second kappa shape index (κ2) is 6.22. The van der Waals surface area contributed by atoms with Crippen LogP contribution in [0, 0.1) is 5.82 Å². The number of halogens is 1. The van der Waals surface area contributed by atoms with E-state index in [0.717, 1.165) is 23.8 Å². The number of hydrogen-bond donors (Lipinski definition) is 0. The van der Waals surface area contributed by atoms with Crippen molar-refractivity contribution in [2.75, 3.05) is 13.1 Å². The molecule has 2 aliphatic heterocycles. The number of amidine groups is 1. The van der Waals surface area contributed by atoms with Gasteiger partial charge in [-0.2, -0.15) is 4.99 Å². The second-order valence-corrected chi connectivity index (χ2v) is 6.53. The highest BCUT2D eigenvalue weighted by Crippen LogP contribution is 2.31. The number of carbonyl (C=O) groups excluding carboxylic acids is 1. The Morgan fingerprint density at radius 2 is 1.91 bits per heavy atom. The van der Waals surface area contributed by atoms with Gasteiger partial charge in [0.15, 0.2) is 5.17 Å². The van der Waals surface area contributed by atoms with Crippen molar-refractivity contribution in [2.24, 2.45) is 4.99 Å². The Labute approximate surface area is 133 Å². The topological polar surface area (TPSA) is 41.9 Å². The Balaban J connectivity index is 1.74. The molecule has 2 unspecified atom stereocenters. The van der Waals surface area contributed by atoms with E-state index in [4.69, 9.17) is 4.74 Å². The summed E-state index contributed by atoms with van der Waals surface area (Å²) in [5.41, 5.74) is 0.789. The molecule has 0 aliphatic carbocycles. The summed E-state index contributed by atoms with van der Waals surface area (Å²) in [5.74, 6) is -0.531. The van der Waals surface area contributed by atoms with Gasteiger partial charge in [0.25, 0.3) is 5.91 Å². The number of nitrogens with zero attached hydrogens (tertiary/aromatic N) is 2. The summed E-state index contributed by atoms with van der Waals surface area (Å²) in [6.07, 6.45) is 1.98. The first kappa shape index (κ1) is 15.2. The van der Waals surface area contributed by atoms with Crippen molar-refractivity contribution in [1.29, 1.82) is 0 Å². The van der Waals surface area contributed by atoms with Gasteiger partial charge in [-0.05, 0) is 49.4 Å². The quantitative estimate of drug-likeness (QED) is 0.746. The van der Waals surface area contributed by atoms with Crippen LogP contribution in [0.25, 0.3) is 6.08 Å². The number of benzene rings is 1. The summed E-state index contributed by atoms with van der Waals surface area (Å²) >= 11 is 1.37. The third kappa shape index (κ3) is 3.39. The lowest BCUT2D eigenvalue weighted by Crippen LogP contribution is -2.47. The van der Waals surface area contributed by atoms with Gasteiger partial charge < -0.3 is 9.64 Å². The summed E-state index contributed by atoms with van der Waals surface area (Å²) in [5, 5.41) is 0.723. The fourth-order valence-electron chi connectivity index (χ4n) is 2.58. The van der Waals surface area contributed by atoms with Gasteiger partial charge in [-0.25, -0.2) is 4.39 Å². The Morgan fingerprint density at radius 1 is 1.27 bits per heavy atom. The Hall–Kier alpha value is -1.66. The predicted molar refractivity (Wildman–Crippen MR) is 86.0 cm³/mol. The van der Waals surface area contributed by atoms with E-state index in [9.17, 15) is 9.18 Å². The van der Waals surface area contributed by atoms with Gasteiger partial charge in [-0.1, -0.05) is 12.1 Å². The number of hydrogen-bond acceptors (Lipinski definition) is 4. The molecule has 4 nitrogen and oxygen atoms in total. The molecule has 1 fully saturated rings. The molecule has 0 N–H and O–H groups in total. The van der Waals surface area contributed by atoms with Crippen LogP contribution < -0.4 is 0 Å². The largest absolute Gasteiger partial charge is 0.372 e. The van der Waals surface area contributed by atoms with Gasteiger partial charge in [-0.3, -0.25) is 4.79 Å². The van der Waals surface area contributed by atoms with Crippen LogP contribution in [0.15, 0.2) is 34.2 Å². The van der Waals surface area contributed by atoms with E-state index in [1.54, 1.807) is 18.2 Å². The number of morpholine rings is 1. The number of amides is 1. The van der Waals surface area contributed by atoms with Crippen molar-refractivity contribution in [3.05, 3.63) is 40.6 Å². The monoisotopic (exact) mass is 320 g/mol. The fourth-order valence-corrected chi connectivity index (χ4v) is 3.51. The van der Waals surface area contributed by atoms with Gasteiger partial charge in [0.05, 0.1) is 17.1 Å². The minimum atomic E-state index is -0.291. The number of carbonyl (C=O) groups is 1. The molecule has 0 saturated carbocycles. The molecule has 2 aliphatic rings. The first-order valence-electron chi connectivity index (χ1n) is 7.20. The molecule has 3 rings (SSSR count). The van der Waals surface area contributed by atoms with Crippen LogP contribution in [0.3, 0.4) is 0 Å². The van der Waals surface area contributed by atoms with Crippen molar-refractivity contribution in [2.45, 2.75) is 26.1 Å². The number of aliphatic imine (C=N–C) groups is 1. The maximum Gasteiger partial charge on any atom is 0.286 e. The third-order valence-corrected chi connectivity index (χ3v) is 4.51. The fraction of sp³-hybridized carbons (Fsp3) is 0.375. The van der Waals surface area contributed by atoms with Crippen molar-refractivity contribution in [1.82, 2.24) is 4.90 Å². The Bertz CT molecular complexity index is 632. The molecule has 1 saturated heterocycles. The summed E-state index contributed by atoms with van der Waals surface area (Å²) in [6, 6.07) is 6.05.